The Bertz CT molecular complexity index is 1820. The third-order valence-corrected chi connectivity index (χ3v) is 8.06. The van der Waals surface area contributed by atoms with E-state index in [4.69, 9.17) is 14.3 Å². The molecular weight excluding hydrogens is 634 g/mol. The number of benzene rings is 4. The number of hydrogen-bond donors (Lipinski definition) is 2. The summed E-state index contributed by atoms with van der Waals surface area (Å²) in [5.74, 6) is 0.650. The van der Waals surface area contributed by atoms with Gasteiger partial charge in [-0.1, -0.05) is 48.2 Å². The Balaban J connectivity index is 1.40. The standard InChI is InChI=1S/C36H35N3O8S/c1-22(40)39(47-28-14-6-23(7-15-28)20-32-33(42)37-34(43)48-32)30-19-18-29(21-31(30)38(5)35(44)46-36(2,3)4)45-27-16-10-25(11-17-27)24-8-12-26(41)13-9-24/h6-19,21,32,41H,20H2,1-5H3,(H,37,42,43). The SMILES string of the molecule is CC(=O)N(Oc1ccc(CC2SC(=O)NC2=O)cc1)c1ccc(Oc2ccc(-c3ccc(O)cc3)cc2)cc1N(C)C(=O)OC(C)(C)C. The van der Waals surface area contributed by atoms with Crippen LogP contribution in [-0.2, 0) is 20.7 Å². The maximum Gasteiger partial charge on any atom is 0.414 e. The highest BCUT2D eigenvalue weighted by atomic mass is 32.2. The Kier molecular flexibility index (Phi) is 9.95. The number of hydroxylamine groups is 1. The van der Waals surface area contributed by atoms with Crippen molar-refractivity contribution in [3.63, 3.8) is 0 Å². The van der Waals surface area contributed by atoms with Gasteiger partial charge in [-0.2, -0.15) is 0 Å². The number of amides is 4. The van der Waals surface area contributed by atoms with Gasteiger partial charge in [0.25, 0.3) is 11.1 Å². The van der Waals surface area contributed by atoms with E-state index in [9.17, 15) is 24.3 Å². The topological polar surface area (TPSA) is 135 Å². The smallest absolute Gasteiger partial charge is 0.414 e. The molecule has 11 nitrogen and oxygen atoms in total. The van der Waals surface area contributed by atoms with E-state index in [0.717, 1.165) is 33.5 Å². The number of aromatic hydroxyl groups is 1. The molecule has 1 aliphatic rings. The highest BCUT2D eigenvalue weighted by Crippen LogP contribution is 2.37. The number of carbonyl (C=O) groups excluding carboxylic acids is 4. The number of carbonyl (C=O) groups is 4. The molecule has 0 aromatic heterocycles. The molecule has 0 bridgehead atoms. The van der Waals surface area contributed by atoms with E-state index < -0.39 is 22.9 Å². The molecule has 1 fully saturated rings. The van der Waals surface area contributed by atoms with Crippen molar-refractivity contribution in [2.45, 2.75) is 45.0 Å². The molecule has 248 valence electrons. The van der Waals surface area contributed by atoms with Crippen LogP contribution in [0.1, 0.15) is 33.3 Å². The summed E-state index contributed by atoms with van der Waals surface area (Å²) < 4.78 is 11.7. The summed E-state index contributed by atoms with van der Waals surface area (Å²) >= 11 is 0.952. The summed E-state index contributed by atoms with van der Waals surface area (Å²) in [5.41, 5.74) is 2.43. The Hall–Kier alpha value is -5.49. The fourth-order valence-electron chi connectivity index (χ4n) is 4.76. The zero-order valence-corrected chi connectivity index (χ0v) is 27.9. The summed E-state index contributed by atoms with van der Waals surface area (Å²) in [4.78, 5) is 57.0. The molecule has 1 aliphatic heterocycles. The zero-order chi connectivity index (χ0) is 34.6. The van der Waals surface area contributed by atoms with E-state index in [2.05, 4.69) is 5.32 Å². The number of phenols is 1. The molecule has 4 aromatic rings. The molecular formula is C36H35N3O8S. The average Bonchev–Trinajstić information content (AvgIpc) is 3.35. The molecule has 0 aliphatic carbocycles. The number of nitrogens with zero attached hydrogens (tertiary/aromatic N) is 2. The predicted octanol–water partition coefficient (Wildman–Crippen LogP) is 7.46. The lowest BCUT2D eigenvalue weighted by Crippen LogP contribution is -2.37. The summed E-state index contributed by atoms with van der Waals surface area (Å²) in [7, 11) is 1.53. The van der Waals surface area contributed by atoms with Gasteiger partial charge in [-0.25, -0.2) is 4.79 Å². The van der Waals surface area contributed by atoms with Crippen molar-refractivity contribution in [2.24, 2.45) is 0 Å². The second kappa shape index (κ2) is 14.1. The molecule has 0 saturated carbocycles. The molecule has 1 unspecified atom stereocenters. The van der Waals surface area contributed by atoms with E-state index >= 15 is 0 Å². The minimum atomic E-state index is -0.775. The molecule has 1 atom stereocenters. The number of thioether (sulfide) groups is 1. The summed E-state index contributed by atoms with van der Waals surface area (Å²) in [6, 6.07) is 26.0. The molecule has 48 heavy (non-hydrogen) atoms. The first-order valence-corrected chi connectivity index (χ1v) is 15.9. The first-order valence-electron chi connectivity index (χ1n) is 15.0. The quantitative estimate of drug-likeness (QED) is 0.174. The number of imide groups is 1. The van der Waals surface area contributed by atoms with Gasteiger partial charge in [-0.3, -0.25) is 24.6 Å². The van der Waals surface area contributed by atoms with Gasteiger partial charge in [0.2, 0.25) is 5.91 Å². The molecule has 0 spiro atoms. The van der Waals surface area contributed by atoms with Crippen molar-refractivity contribution in [3.8, 4) is 34.1 Å². The van der Waals surface area contributed by atoms with Gasteiger partial charge in [0.05, 0.1) is 10.9 Å². The van der Waals surface area contributed by atoms with Gasteiger partial charge in [-0.05, 0) is 92.4 Å². The van der Waals surface area contributed by atoms with Crippen LogP contribution in [0, 0.1) is 0 Å². The molecule has 2 N–H and O–H groups in total. The van der Waals surface area contributed by atoms with Crippen LogP contribution >= 0.6 is 11.8 Å². The molecule has 4 amide bonds. The molecule has 0 radical (unpaired) electrons. The molecule has 1 heterocycles. The van der Waals surface area contributed by atoms with Crippen LogP contribution in [0.15, 0.2) is 91.0 Å². The van der Waals surface area contributed by atoms with Crippen molar-refractivity contribution < 1.29 is 38.6 Å². The number of ether oxygens (including phenoxy) is 2. The molecule has 5 rings (SSSR count). The maximum absolute atomic E-state index is 13.2. The minimum Gasteiger partial charge on any atom is -0.508 e. The first-order chi connectivity index (χ1) is 22.8. The molecule has 4 aromatic carbocycles. The third kappa shape index (κ3) is 8.45. The molecule has 1 saturated heterocycles. The minimum absolute atomic E-state index is 0.186. The largest absolute Gasteiger partial charge is 0.508 e. The monoisotopic (exact) mass is 669 g/mol. The van der Waals surface area contributed by atoms with Crippen molar-refractivity contribution in [1.82, 2.24) is 5.32 Å². The Morgan fingerprint density at radius 2 is 1.42 bits per heavy atom. The lowest BCUT2D eigenvalue weighted by atomic mass is 10.1. The van der Waals surface area contributed by atoms with E-state index in [0.29, 0.717) is 23.7 Å². The van der Waals surface area contributed by atoms with Crippen molar-refractivity contribution in [1.29, 1.82) is 0 Å². The van der Waals surface area contributed by atoms with Crippen LogP contribution in [0.25, 0.3) is 11.1 Å². The first kappa shape index (κ1) is 33.9. The van der Waals surface area contributed by atoms with Crippen LogP contribution in [0.4, 0.5) is 21.0 Å². The van der Waals surface area contributed by atoms with Gasteiger partial charge in [0, 0.05) is 20.0 Å². The van der Waals surface area contributed by atoms with Gasteiger partial charge < -0.3 is 19.4 Å². The number of hydrogen-bond acceptors (Lipinski definition) is 9. The molecule has 12 heteroatoms. The van der Waals surface area contributed by atoms with Crippen molar-refractivity contribution in [3.05, 3.63) is 96.6 Å². The lowest BCUT2D eigenvalue weighted by molar-refractivity contribution is -0.120. The van der Waals surface area contributed by atoms with Crippen LogP contribution in [0.5, 0.6) is 23.0 Å². The van der Waals surface area contributed by atoms with Crippen LogP contribution < -0.4 is 24.9 Å². The van der Waals surface area contributed by atoms with Crippen LogP contribution in [0.2, 0.25) is 0 Å². The fraction of sp³-hybridized carbons (Fsp3) is 0.222. The van der Waals surface area contributed by atoms with Gasteiger partial charge in [-0.15, -0.1) is 5.06 Å². The van der Waals surface area contributed by atoms with Crippen molar-refractivity contribution >= 4 is 46.3 Å². The zero-order valence-electron chi connectivity index (χ0n) is 27.1. The summed E-state index contributed by atoms with van der Waals surface area (Å²) in [6.07, 6.45) is -0.301. The highest BCUT2D eigenvalue weighted by molar-refractivity contribution is 8.15. The van der Waals surface area contributed by atoms with E-state index in [1.54, 1.807) is 87.5 Å². The van der Waals surface area contributed by atoms with Crippen LogP contribution in [-0.4, -0.2) is 46.2 Å². The second-order valence-corrected chi connectivity index (χ2v) is 13.2. The van der Waals surface area contributed by atoms with Gasteiger partial charge in [0.15, 0.2) is 5.75 Å². The summed E-state index contributed by atoms with van der Waals surface area (Å²) in [6.45, 7) is 6.60. The average molecular weight is 670 g/mol. The van der Waals surface area contributed by atoms with Crippen molar-refractivity contribution in [2.75, 3.05) is 17.0 Å². The van der Waals surface area contributed by atoms with E-state index in [1.165, 1.54) is 18.9 Å². The normalized spacial score (nSPS) is 14.2. The fourth-order valence-corrected chi connectivity index (χ4v) is 5.62. The van der Waals surface area contributed by atoms with Gasteiger partial charge >= 0.3 is 6.09 Å². The van der Waals surface area contributed by atoms with Gasteiger partial charge in [0.1, 0.15) is 28.5 Å². The third-order valence-electron chi connectivity index (χ3n) is 7.08. The number of rotatable bonds is 9. The van der Waals surface area contributed by atoms with Crippen LogP contribution in [0.3, 0.4) is 0 Å². The number of nitrogens with one attached hydrogen (secondary N) is 1. The Morgan fingerprint density at radius 1 is 0.833 bits per heavy atom. The summed E-state index contributed by atoms with van der Waals surface area (Å²) in [5, 5.41) is 12.1. The lowest BCUT2D eigenvalue weighted by Gasteiger charge is -2.29. The van der Waals surface area contributed by atoms with E-state index in [1.807, 2.05) is 24.3 Å². The number of phenolic OH excluding ortho intramolecular Hbond substituents is 1. The Morgan fingerprint density at radius 3 is 1.98 bits per heavy atom. The maximum atomic E-state index is 13.2. The predicted molar refractivity (Wildman–Crippen MR) is 184 cm³/mol. The number of anilines is 2. The van der Waals surface area contributed by atoms with E-state index in [-0.39, 0.29) is 28.3 Å². The highest BCUT2D eigenvalue weighted by Gasteiger charge is 2.31. The Labute approximate surface area is 282 Å². The second-order valence-electron chi connectivity index (χ2n) is 12.0.